The lowest BCUT2D eigenvalue weighted by atomic mass is 10.0. The van der Waals surface area contributed by atoms with E-state index in [4.69, 9.17) is 5.73 Å². The van der Waals surface area contributed by atoms with Crippen LogP contribution in [0.2, 0.25) is 0 Å². The van der Waals surface area contributed by atoms with E-state index in [1.807, 2.05) is 30.3 Å². The van der Waals surface area contributed by atoms with Crippen LogP contribution in [0, 0.1) is 10.1 Å². The van der Waals surface area contributed by atoms with Crippen molar-refractivity contribution in [2.45, 2.75) is 25.3 Å². The minimum atomic E-state index is -0.786. The number of non-ortho nitro benzene ring substituents is 1. The minimum Gasteiger partial charge on any atom is -0.368 e. The Bertz CT molecular complexity index is 762. The molecule has 0 spiro atoms. The summed E-state index contributed by atoms with van der Waals surface area (Å²) in [4.78, 5) is 34.0. The molecule has 2 amide bonds. The molecular formula is C18H19N3O4. The molecule has 2 aromatic carbocycles. The molecule has 0 fully saturated rings. The van der Waals surface area contributed by atoms with Crippen LogP contribution in [-0.2, 0) is 22.4 Å². The second-order valence-electron chi connectivity index (χ2n) is 5.65. The monoisotopic (exact) mass is 341 g/mol. The number of hydrogen-bond acceptors (Lipinski definition) is 4. The molecule has 0 saturated heterocycles. The van der Waals surface area contributed by atoms with Crippen LogP contribution in [0.25, 0.3) is 0 Å². The lowest BCUT2D eigenvalue weighted by Crippen LogP contribution is -2.45. The minimum absolute atomic E-state index is 0.0587. The number of hydrogen-bond donors (Lipinski definition) is 2. The second-order valence-corrected chi connectivity index (χ2v) is 5.65. The molecule has 3 N–H and O–H groups in total. The van der Waals surface area contributed by atoms with E-state index in [2.05, 4.69) is 5.32 Å². The van der Waals surface area contributed by atoms with Crippen molar-refractivity contribution in [3.05, 3.63) is 75.8 Å². The molecule has 0 radical (unpaired) electrons. The summed E-state index contributed by atoms with van der Waals surface area (Å²) in [5, 5.41) is 13.4. The van der Waals surface area contributed by atoms with Crippen LogP contribution >= 0.6 is 0 Å². The van der Waals surface area contributed by atoms with Crippen LogP contribution in [0.4, 0.5) is 5.69 Å². The highest BCUT2D eigenvalue weighted by molar-refractivity contribution is 5.87. The molecule has 7 heteroatoms. The van der Waals surface area contributed by atoms with Crippen molar-refractivity contribution in [2.75, 3.05) is 0 Å². The summed E-state index contributed by atoms with van der Waals surface area (Å²) in [5.74, 6) is -1.01. The van der Waals surface area contributed by atoms with E-state index in [1.165, 1.54) is 18.2 Å². The van der Waals surface area contributed by atoms with Crippen molar-refractivity contribution in [2.24, 2.45) is 5.73 Å². The third-order valence-electron chi connectivity index (χ3n) is 3.73. The third kappa shape index (κ3) is 5.72. The van der Waals surface area contributed by atoms with Gasteiger partial charge in [0.25, 0.3) is 5.69 Å². The van der Waals surface area contributed by atoms with Crippen molar-refractivity contribution in [1.29, 1.82) is 0 Å². The van der Waals surface area contributed by atoms with Gasteiger partial charge in [0.15, 0.2) is 0 Å². The van der Waals surface area contributed by atoms with E-state index in [0.717, 1.165) is 5.56 Å². The van der Waals surface area contributed by atoms with Crippen LogP contribution in [-0.4, -0.2) is 22.8 Å². The zero-order valence-corrected chi connectivity index (χ0v) is 13.6. The maximum atomic E-state index is 12.1. The Morgan fingerprint density at radius 3 is 2.40 bits per heavy atom. The van der Waals surface area contributed by atoms with Gasteiger partial charge in [0.05, 0.1) is 11.3 Å². The first-order chi connectivity index (χ1) is 12.0. The van der Waals surface area contributed by atoms with Gasteiger partial charge in [-0.3, -0.25) is 19.7 Å². The second kappa shape index (κ2) is 8.58. The van der Waals surface area contributed by atoms with E-state index in [9.17, 15) is 19.7 Å². The van der Waals surface area contributed by atoms with E-state index in [1.54, 1.807) is 6.07 Å². The van der Waals surface area contributed by atoms with Crippen molar-refractivity contribution in [1.82, 2.24) is 5.32 Å². The summed E-state index contributed by atoms with van der Waals surface area (Å²) in [6.07, 6.45) is 0.933. The Morgan fingerprint density at radius 1 is 1.08 bits per heavy atom. The predicted molar refractivity (Wildman–Crippen MR) is 92.7 cm³/mol. The zero-order chi connectivity index (χ0) is 18.2. The number of nitro benzene ring substituents is 1. The smallest absolute Gasteiger partial charge is 0.269 e. The van der Waals surface area contributed by atoms with Gasteiger partial charge in [-0.2, -0.15) is 0 Å². The number of aryl methyl sites for hydroxylation is 1. The quantitative estimate of drug-likeness (QED) is 0.562. The van der Waals surface area contributed by atoms with E-state index in [-0.39, 0.29) is 12.1 Å². The van der Waals surface area contributed by atoms with Gasteiger partial charge in [0.2, 0.25) is 11.8 Å². The largest absolute Gasteiger partial charge is 0.368 e. The lowest BCUT2D eigenvalue weighted by molar-refractivity contribution is -0.384. The van der Waals surface area contributed by atoms with Crippen LogP contribution in [0.15, 0.2) is 54.6 Å². The first kappa shape index (κ1) is 18.1. The molecule has 0 aliphatic rings. The molecule has 130 valence electrons. The van der Waals surface area contributed by atoms with Crippen LogP contribution in [0.3, 0.4) is 0 Å². The number of nitro groups is 1. The summed E-state index contributed by atoms with van der Waals surface area (Å²) in [7, 11) is 0. The normalized spacial score (nSPS) is 11.5. The Morgan fingerprint density at radius 2 is 1.76 bits per heavy atom. The fourth-order valence-electron chi connectivity index (χ4n) is 2.45. The summed E-state index contributed by atoms with van der Waals surface area (Å²) >= 11 is 0. The number of rotatable bonds is 8. The molecule has 2 rings (SSSR count). The standard InChI is InChI=1S/C18H19N3O4/c19-18(23)16(10-9-13-5-2-1-3-6-13)20-17(22)12-14-7-4-8-15(11-14)21(24)25/h1-8,11,16H,9-10,12H2,(H2,19,23)(H,20,22)/t16-/m0/s1. The zero-order valence-electron chi connectivity index (χ0n) is 13.6. The number of primary amides is 1. The average molecular weight is 341 g/mol. The maximum absolute atomic E-state index is 12.1. The van der Waals surface area contributed by atoms with Gasteiger partial charge >= 0.3 is 0 Å². The van der Waals surface area contributed by atoms with E-state index in [0.29, 0.717) is 18.4 Å². The SMILES string of the molecule is NC(=O)[C@H](CCc1ccccc1)NC(=O)Cc1cccc([N+](=O)[O-])c1. The number of carbonyl (C=O) groups excluding carboxylic acids is 2. The Hall–Kier alpha value is -3.22. The molecule has 1 atom stereocenters. The molecule has 0 heterocycles. The fraction of sp³-hybridized carbons (Fsp3) is 0.222. The molecule has 7 nitrogen and oxygen atoms in total. The molecule has 0 aliphatic heterocycles. The summed E-state index contributed by atoms with van der Waals surface area (Å²) in [5.41, 5.74) is 6.82. The molecule has 0 unspecified atom stereocenters. The number of nitrogens with one attached hydrogen (secondary N) is 1. The number of nitrogens with zero attached hydrogens (tertiary/aromatic N) is 1. The molecular weight excluding hydrogens is 322 g/mol. The Kier molecular flexibility index (Phi) is 6.22. The van der Waals surface area contributed by atoms with Crippen LogP contribution in [0.1, 0.15) is 17.5 Å². The highest BCUT2D eigenvalue weighted by Gasteiger charge is 2.18. The lowest BCUT2D eigenvalue weighted by Gasteiger charge is -2.15. The first-order valence-corrected chi connectivity index (χ1v) is 7.81. The third-order valence-corrected chi connectivity index (χ3v) is 3.73. The highest BCUT2D eigenvalue weighted by Crippen LogP contribution is 2.13. The van der Waals surface area contributed by atoms with Gasteiger partial charge in [0, 0.05) is 12.1 Å². The van der Waals surface area contributed by atoms with Gasteiger partial charge in [-0.05, 0) is 24.0 Å². The highest BCUT2D eigenvalue weighted by atomic mass is 16.6. The number of carbonyl (C=O) groups is 2. The van der Waals surface area contributed by atoms with Gasteiger partial charge in [-0.25, -0.2) is 0 Å². The summed E-state index contributed by atoms with van der Waals surface area (Å²) in [6.45, 7) is 0. The van der Waals surface area contributed by atoms with Gasteiger partial charge in [-0.1, -0.05) is 42.5 Å². The maximum Gasteiger partial charge on any atom is 0.269 e. The van der Waals surface area contributed by atoms with Crippen LogP contribution in [0.5, 0.6) is 0 Å². The van der Waals surface area contributed by atoms with E-state index >= 15 is 0 Å². The number of benzene rings is 2. The van der Waals surface area contributed by atoms with Crippen molar-refractivity contribution >= 4 is 17.5 Å². The van der Waals surface area contributed by atoms with E-state index < -0.39 is 22.8 Å². The average Bonchev–Trinajstić information content (AvgIpc) is 2.59. The first-order valence-electron chi connectivity index (χ1n) is 7.81. The molecule has 0 bridgehead atoms. The molecule has 0 aliphatic carbocycles. The van der Waals surface area contributed by atoms with Crippen molar-refractivity contribution in [3.8, 4) is 0 Å². The predicted octanol–water partition coefficient (Wildman–Crippen LogP) is 1.74. The summed E-state index contributed by atoms with van der Waals surface area (Å²) in [6, 6.07) is 14.6. The molecule has 0 aromatic heterocycles. The Labute approximate surface area is 145 Å². The molecule has 25 heavy (non-hydrogen) atoms. The van der Waals surface area contributed by atoms with Crippen molar-refractivity contribution in [3.63, 3.8) is 0 Å². The van der Waals surface area contributed by atoms with Gasteiger partial charge in [0.1, 0.15) is 6.04 Å². The van der Waals surface area contributed by atoms with Crippen molar-refractivity contribution < 1.29 is 14.5 Å². The number of amides is 2. The van der Waals surface area contributed by atoms with Gasteiger partial charge in [-0.15, -0.1) is 0 Å². The molecule has 2 aromatic rings. The summed E-state index contributed by atoms with van der Waals surface area (Å²) < 4.78 is 0. The molecule has 0 saturated carbocycles. The topological polar surface area (TPSA) is 115 Å². The Balaban J connectivity index is 1.94. The number of nitrogens with two attached hydrogens (primary N) is 1. The fourth-order valence-corrected chi connectivity index (χ4v) is 2.45. The van der Waals surface area contributed by atoms with Crippen LogP contribution < -0.4 is 11.1 Å². The van der Waals surface area contributed by atoms with Gasteiger partial charge < -0.3 is 11.1 Å².